The third-order valence-corrected chi connectivity index (χ3v) is 8.47. The van der Waals surface area contributed by atoms with Gasteiger partial charge < -0.3 is 34.8 Å². The van der Waals surface area contributed by atoms with E-state index in [-0.39, 0.29) is 63.9 Å². The number of nitrogens with one attached hydrogen (secondary N) is 1. The van der Waals surface area contributed by atoms with Gasteiger partial charge in [0.25, 0.3) is 0 Å². The molecule has 1 saturated heterocycles. The average molecular weight is 526 g/mol. The highest BCUT2D eigenvalue weighted by molar-refractivity contribution is 6.31. The molecule has 3 aliphatic rings. The molecule has 0 saturated carbocycles. The Balaban J connectivity index is 1.70. The summed E-state index contributed by atoms with van der Waals surface area (Å²) < 4.78 is 17.9. The minimum Gasteiger partial charge on any atom is -0.507 e. The van der Waals surface area contributed by atoms with Crippen molar-refractivity contribution in [1.29, 1.82) is 0 Å². The molecule has 0 amide bonds. The molecule has 4 atom stereocenters. The van der Waals surface area contributed by atoms with E-state index < -0.39 is 40.6 Å². The van der Waals surface area contributed by atoms with Crippen LogP contribution in [0.1, 0.15) is 89.1 Å². The fourth-order valence-electron chi connectivity index (χ4n) is 6.14. The second-order valence-corrected chi connectivity index (χ2v) is 11.1. The molecule has 5 rings (SSSR count). The maximum atomic E-state index is 13.7. The van der Waals surface area contributed by atoms with Crippen molar-refractivity contribution in [3.63, 3.8) is 0 Å². The first-order valence-corrected chi connectivity index (χ1v) is 13.0. The Bertz CT molecular complexity index is 1320. The number of ether oxygens (including phenoxy) is 3. The third kappa shape index (κ3) is 4.00. The Morgan fingerprint density at radius 1 is 1.08 bits per heavy atom. The van der Waals surface area contributed by atoms with E-state index in [1.54, 1.807) is 12.1 Å². The van der Waals surface area contributed by atoms with Crippen LogP contribution >= 0.6 is 0 Å². The standard InChI is InChI=1S/C29H35NO8/c1-14(2)29(35)12-17-21(19(13-29)38-28(3)11-15(30-4)9-10-37-28)27(34)23-22(25(17)32)24(31)16-7-6-8-18(36-5)20(16)26(23)33/h6-8,14-15,19,30,32,34-35H,9-13H2,1-5H3. The molecule has 2 aromatic rings. The van der Waals surface area contributed by atoms with Crippen molar-refractivity contribution in [3.8, 4) is 17.2 Å². The Labute approximate surface area is 221 Å². The van der Waals surface area contributed by atoms with E-state index in [9.17, 15) is 24.9 Å². The lowest BCUT2D eigenvalue weighted by Crippen LogP contribution is -2.49. The maximum absolute atomic E-state index is 13.7. The molecule has 204 valence electrons. The summed E-state index contributed by atoms with van der Waals surface area (Å²) in [5.41, 5.74) is -1.34. The molecule has 2 aromatic carbocycles. The van der Waals surface area contributed by atoms with Crippen LogP contribution in [0.15, 0.2) is 18.2 Å². The van der Waals surface area contributed by atoms with Gasteiger partial charge in [0, 0.05) is 42.0 Å². The fourth-order valence-corrected chi connectivity index (χ4v) is 6.14. The van der Waals surface area contributed by atoms with E-state index in [1.807, 2.05) is 27.8 Å². The maximum Gasteiger partial charge on any atom is 0.202 e. The van der Waals surface area contributed by atoms with E-state index in [2.05, 4.69) is 5.32 Å². The number of aromatic hydroxyl groups is 2. The summed E-state index contributed by atoms with van der Waals surface area (Å²) in [6.45, 7) is 6.00. The highest BCUT2D eigenvalue weighted by Crippen LogP contribution is 2.54. The molecule has 4 N–H and O–H groups in total. The quantitative estimate of drug-likeness (QED) is 0.370. The molecular formula is C29H35NO8. The number of phenolic OH excluding ortho intramolecular Hbond substituents is 2. The largest absolute Gasteiger partial charge is 0.507 e. The summed E-state index contributed by atoms with van der Waals surface area (Å²) in [6.07, 6.45) is 0.508. The average Bonchev–Trinajstić information content (AvgIpc) is 2.88. The first kappa shape index (κ1) is 26.6. The van der Waals surface area contributed by atoms with Crippen LogP contribution in [-0.4, -0.2) is 65.1 Å². The van der Waals surface area contributed by atoms with Crippen molar-refractivity contribution in [2.24, 2.45) is 5.92 Å². The van der Waals surface area contributed by atoms with Gasteiger partial charge >= 0.3 is 0 Å². The summed E-state index contributed by atoms with van der Waals surface area (Å²) >= 11 is 0. The Hall–Kier alpha value is -2.98. The van der Waals surface area contributed by atoms with Crippen molar-refractivity contribution in [1.82, 2.24) is 5.32 Å². The summed E-state index contributed by atoms with van der Waals surface area (Å²) in [6, 6.07) is 4.80. The SMILES string of the molecule is CNC1CCOC(C)(OC2CC(O)(C(C)C)Cc3c(O)c4c(c(O)c32)C(=O)c2c(OC)cccc2C4=O)C1. The zero-order chi connectivity index (χ0) is 27.6. The lowest BCUT2D eigenvalue weighted by molar-refractivity contribution is -0.279. The van der Waals surface area contributed by atoms with Gasteiger partial charge in [-0.2, -0.15) is 0 Å². The predicted molar refractivity (Wildman–Crippen MR) is 138 cm³/mol. The van der Waals surface area contributed by atoms with E-state index in [0.29, 0.717) is 13.0 Å². The zero-order valence-electron chi connectivity index (χ0n) is 22.4. The third-order valence-electron chi connectivity index (χ3n) is 8.47. The van der Waals surface area contributed by atoms with Crippen LogP contribution in [-0.2, 0) is 15.9 Å². The number of hydrogen-bond acceptors (Lipinski definition) is 9. The molecule has 1 fully saturated rings. The van der Waals surface area contributed by atoms with E-state index in [1.165, 1.54) is 13.2 Å². The molecular weight excluding hydrogens is 490 g/mol. The van der Waals surface area contributed by atoms with Crippen molar-refractivity contribution in [3.05, 3.63) is 51.6 Å². The summed E-state index contributed by atoms with van der Waals surface area (Å²) in [5, 5.41) is 38.0. The molecule has 9 nitrogen and oxygen atoms in total. The molecule has 1 heterocycles. The number of ketones is 2. The Morgan fingerprint density at radius 2 is 1.79 bits per heavy atom. The van der Waals surface area contributed by atoms with Gasteiger partial charge in [-0.05, 0) is 32.4 Å². The van der Waals surface area contributed by atoms with Crippen LogP contribution in [0.4, 0.5) is 0 Å². The molecule has 0 aromatic heterocycles. The molecule has 1 aliphatic heterocycles. The number of phenols is 2. The van der Waals surface area contributed by atoms with Gasteiger partial charge in [0.2, 0.25) is 5.78 Å². The number of methoxy groups -OCH3 is 1. The summed E-state index contributed by atoms with van der Waals surface area (Å²) in [5.74, 6) is -3.14. The predicted octanol–water partition coefficient (Wildman–Crippen LogP) is 3.39. The molecule has 0 bridgehead atoms. The van der Waals surface area contributed by atoms with Crippen LogP contribution in [0.25, 0.3) is 0 Å². The number of rotatable bonds is 5. The van der Waals surface area contributed by atoms with Crippen molar-refractivity contribution < 1.29 is 39.1 Å². The van der Waals surface area contributed by atoms with Crippen molar-refractivity contribution >= 4 is 11.6 Å². The van der Waals surface area contributed by atoms with E-state index in [4.69, 9.17) is 14.2 Å². The van der Waals surface area contributed by atoms with Gasteiger partial charge in [0.1, 0.15) is 17.2 Å². The Morgan fingerprint density at radius 3 is 2.45 bits per heavy atom. The fraction of sp³-hybridized carbons (Fsp3) is 0.517. The summed E-state index contributed by atoms with van der Waals surface area (Å²) in [4.78, 5) is 27.3. The van der Waals surface area contributed by atoms with Gasteiger partial charge in [-0.1, -0.05) is 26.0 Å². The van der Waals surface area contributed by atoms with Gasteiger partial charge in [-0.25, -0.2) is 0 Å². The summed E-state index contributed by atoms with van der Waals surface area (Å²) in [7, 11) is 3.27. The van der Waals surface area contributed by atoms with Gasteiger partial charge in [0.15, 0.2) is 11.6 Å². The molecule has 0 spiro atoms. The normalized spacial score (nSPS) is 28.6. The Kier molecular flexibility index (Phi) is 6.54. The second-order valence-electron chi connectivity index (χ2n) is 11.1. The van der Waals surface area contributed by atoms with Crippen molar-refractivity contribution in [2.45, 2.75) is 70.0 Å². The van der Waals surface area contributed by atoms with Crippen LogP contribution in [0, 0.1) is 5.92 Å². The number of hydrogen-bond donors (Lipinski definition) is 4. The minimum atomic E-state index is -1.30. The lowest BCUT2D eigenvalue weighted by Gasteiger charge is -2.46. The minimum absolute atomic E-state index is 0.0182. The molecule has 2 aliphatic carbocycles. The zero-order valence-corrected chi connectivity index (χ0v) is 22.4. The van der Waals surface area contributed by atoms with Gasteiger partial charge in [-0.3, -0.25) is 9.59 Å². The molecule has 0 radical (unpaired) electrons. The van der Waals surface area contributed by atoms with E-state index in [0.717, 1.165) is 6.42 Å². The molecule has 4 unspecified atom stereocenters. The van der Waals surface area contributed by atoms with Crippen LogP contribution in [0.5, 0.6) is 17.2 Å². The van der Waals surface area contributed by atoms with Gasteiger partial charge in [-0.15, -0.1) is 0 Å². The van der Waals surface area contributed by atoms with E-state index >= 15 is 0 Å². The highest BCUT2D eigenvalue weighted by atomic mass is 16.7. The number of fused-ring (bicyclic) bond motifs is 3. The van der Waals surface area contributed by atoms with Crippen LogP contribution in [0.3, 0.4) is 0 Å². The number of benzene rings is 2. The monoisotopic (exact) mass is 525 g/mol. The number of aliphatic hydroxyl groups is 1. The smallest absolute Gasteiger partial charge is 0.202 e. The second kappa shape index (κ2) is 9.34. The molecule has 38 heavy (non-hydrogen) atoms. The highest BCUT2D eigenvalue weighted by Gasteiger charge is 2.49. The van der Waals surface area contributed by atoms with Gasteiger partial charge in [0.05, 0.1) is 42.1 Å². The van der Waals surface area contributed by atoms with Crippen LogP contribution in [0.2, 0.25) is 0 Å². The topological polar surface area (TPSA) is 135 Å². The first-order valence-electron chi connectivity index (χ1n) is 13.0. The number of carbonyl (C=O) groups is 2. The lowest BCUT2D eigenvalue weighted by atomic mass is 9.69. The van der Waals surface area contributed by atoms with Crippen LogP contribution < -0.4 is 10.1 Å². The first-order chi connectivity index (χ1) is 17.9. The van der Waals surface area contributed by atoms with Crippen molar-refractivity contribution in [2.75, 3.05) is 20.8 Å². The molecule has 9 heteroatoms. The number of carbonyl (C=O) groups excluding carboxylic acids is 2.